The van der Waals surface area contributed by atoms with Crippen molar-refractivity contribution in [3.63, 3.8) is 0 Å². The van der Waals surface area contributed by atoms with E-state index in [0.29, 0.717) is 16.9 Å². The largest absolute Gasteiger partial charge is 0.393 e. The predicted molar refractivity (Wildman–Crippen MR) is 69.5 cm³/mol. The molecule has 1 fully saturated rings. The molecule has 1 saturated carbocycles. The molecule has 0 aromatic heterocycles. The average molecular weight is 227 g/mol. The molecule has 2 nitrogen and oxygen atoms in total. The molecule has 1 aliphatic carbocycles. The van der Waals surface area contributed by atoms with E-state index in [4.69, 9.17) is 0 Å². The van der Waals surface area contributed by atoms with Gasteiger partial charge in [0.1, 0.15) is 0 Å². The Labute approximate surface area is 101 Å². The van der Waals surface area contributed by atoms with Crippen LogP contribution in [0, 0.1) is 10.8 Å². The van der Waals surface area contributed by atoms with Gasteiger partial charge in [0.2, 0.25) is 0 Å². The Kier molecular flexibility index (Phi) is 4.42. The molecule has 96 valence electrons. The molecule has 0 spiro atoms. The van der Waals surface area contributed by atoms with E-state index in [2.05, 4.69) is 33.0 Å². The summed E-state index contributed by atoms with van der Waals surface area (Å²) in [5.41, 5.74) is 0.897. The van der Waals surface area contributed by atoms with Crippen LogP contribution < -0.4 is 5.32 Å². The molecule has 1 aliphatic rings. The maximum atomic E-state index is 9.25. The van der Waals surface area contributed by atoms with Gasteiger partial charge in [-0.1, -0.05) is 27.7 Å². The van der Waals surface area contributed by atoms with Crippen molar-refractivity contribution >= 4 is 0 Å². The summed E-state index contributed by atoms with van der Waals surface area (Å²) in [5.74, 6) is 0. The maximum Gasteiger partial charge on any atom is 0.0524 e. The first kappa shape index (κ1) is 14.0. The van der Waals surface area contributed by atoms with Crippen molar-refractivity contribution < 1.29 is 5.11 Å². The van der Waals surface area contributed by atoms with Gasteiger partial charge in [-0.2, -0.15) is 0 Å². The van der Waals surface area contributed by atoms with E-state index in [1.54, 1.807) is 0 Å². The molecule has 2 N–H and O–H groups in total. The van der Waals surface area contributed by atoms with Gasteiger partial charge in [-0.15, -0.1) is 0 Å². The lowest BCUT2D eigenvalue weighted by Crippen LogP contribution is -2.44. The van der Waals surface area contributed by atoms with Crippen LogP contribution in [0.4, 0.5) is 0 Å². The summed E-state index contributed by atoms with van der Waals surface area (Å²) in [6.07, 6.45) is 4.51. The van der Waals surface area contributed by atoms with Crippen LogP contribution in [0.1, 0.15) is 60.3 Å². The van der Waals surface area contributed by atoms with Crippen LogP contribution in [-0.2, 0) is 0 Å². The monoisotopic (exact) mass is 227 g/mol. The molecule has 0 bridgehead atoms. The van der Waals surface area contributed by atoms with Crippen LogP contribution in [0.5, 0.6) is 0 Å². The summed E-state index contributed by atoms with van der Waals surface area (Å²) in [4.78, 5) is 0. The molecule has 1 atom stereocenters. The van der Waals surface area contributed by atoms with Crippen molar-refractivity contribution in [1.82, 2.24) is 5.32 Å². The van der Waals surface area contributed by atoms with Crippen LogP contribution >= 0.6 is 0 Å². The Hall–Kier alpha value is -0.0800. The van der Waals surface area contributed by atoms with E-state index in [9.17, 15) is 5.11 Å². The standard InChI is InChI=1S/C14H29NO/c1-11(16)6-7-15-12-8-13(2,3)10-14(4,5)9-12/h11-12,15-16H,6-10H2,1-5H3. The van der Waals surface area contributed by atoms with E-state index in [0.717, 1.165) is 13.0 Å². The van der Waals surface area contributed by atoms with Gasteiger partial charge in [-0.05, 0) is 50.0 Å². The Morgan fingerprint density at radius 1 is 1.19 bits per heavy atom. The van der Waals surface area contributed by atoms with Gasteiger partial charge in [0.15, 0.2) is 0 Å². The zero-order valence-corrected chi connectivity index (χ0v) is 11.6. The summed E-state index contributed by atoms with van der Waals surface area (Å²) in [7, 11) is 0. The van der Waals surface area contributed by atoms with Gasteiger partial charge in [0.25, 0.3) is 0 Å². The number of hydrogen-bond donors (Lipinski definition) is 2. The minimum Gasteiger partial charge on any atom is -0.393 e. The molecule has 0 aromatic carbocycles. The predicted octanol–water partition coefficient (Wildman–Crippen LogP) is 2.95. The van der Waals surface area contributed by atoms with E-state index in [1.165, 1.54) is 19.3 Å². The normalized spacial score (nSPS) is 26.6. The molecule has 1 rings (SSSR count). The third-order valence-corrected chi connectivity index (χ3v) is 3.55. The highest BCUT2D eigenvalue weighted by Gasteiger charge is 2.37. The summed E-state index contributed by atoms with van der Waals surface area (Å²) in [6.45, 7) is 12.3. The second-order valence-corrected chi connectivity index (χ2v) is 7.20. The van der Waals surface area contributed by atoms with E-state index >= 15 is 0 Å². The number of rotatable bonds is 4. The third-order valence-electron chi connectivity index (χ3n) is 3.55. The molecule has 1 unspecified atom stereocenters. The Morgan fingerprint density at radius 2 is 1.69 bits per heavy atom. The summed E-state index contributed by atoms with van der Waals surface area (Å²) >= 11 is 0. The fourth-order valence-corrected chi connectivity index (χ4v) is 3.49. The van der Waals surface area contributed by atoms with Crippen molar-refractivity contribution in [1.29, 1.82) is 0 Å². The first-order valence-electron chi connectivity index (χ1n) is 6.62. The first-order chi connectivity index (χ1) is 7.20. The van der Waals surface area contributed by atoms with E-state index in [1.807, 2.05) is 6.92 Å². The molecular formula is C14H29NO. The fraction of sp³-hybridized carbons (Fsp3) is 1.00. The van der Waals surface area contributed by atoms with Gasteiger partial charge in [-0.25, -0.2) is 0 Å². The van der Waals surface area contributed by atoms with Crippen molar-refractivity contribution in [2.45, 2.75) is 72.4 Å². The molecule has 0 saturated heterocycles. The summed E-state index contributed by atoms with van der Waals surface area (Å²) in [6, 6.07) is 0.623. The van der Waals surface area contributed by atoms with Crippen molar-refractivity contribution in [2.24, 2.45) is 10.8 Å². The van der Waals surface area contributed by atoms with Gasteiger partial charge in [0, 0.05) is 6.04 Å². The zero-order chi connectivity index (χ0) is 12.4. The van der Waals surface area contributed by atoms with E-state index < -0.39 is 0 Å². The lowest BCUT2D eigenvalue weighted by Gasteiger charge is -2.45. The van der Waals surface area contributed by atoms with Crippen LogP contribution in [0.3, 0.4) is 0 Å². The highest BCUT2D eigenvalue weighted by atomic mass is 16.3. The number of hydrogen-bond acceptors (Lipinski definition) is 2. The van der Waals surface area contributed by atoms with Gasteiger partial charge >= 0.3 is 0 Å². The highest BCUT2D eigenvalue weighted by molar-refractivity contribution is 4.92. The van der Waals surface area contributed by atoms with E-state index in [-0.39, 0.29) is 6.10 Å². The third kappa shape index (κ3) is 4.84. The van der Waals surface area contributed by atoms with Gasteiger partial charge in [-0.3, -0.25) is 0 Å². The minimum atomic E-state index is -0.183. The van der Waals surface area contributed by atoms with Crippen molar-refractivity contribution in [3.8, 4) is 0 Å². The maximum absolute atomic E-state index is 9.25. The lowest BCUT2D eigenvalue weighted by atomic mass is 9.63. The minimum absolute atomic E-state index is 0.183. The smallest absolute Gasteiger partial charge is 0.0524 e. The molecule has 0 heterocycles. The second kappa shape index (κ2) is 5.05. The summed E-state index contributed by atoms with van der Waals surface area (Å²) in [5, 5.41) is 12.9. The van der Waals surface area contributed by atoms with Gasteiger partial charge in [0.05, 0.1) is 6.10 Å². The topological polar surface area (TPSA) is 32.3 Å². The second-order valence-electron chi connectivity index (χ2n) is 7.20. The van der Waals surface area contributed by atoms with Crippen molar-refractivity contribution in [2.75, 3.05) is 6.54 Å². The quantitative estimate of drug-likeness (QED) is 0.774. The van der Waals surface area contributed by atoms with Crippen molar-refractivity contribution in [3.05, 3.63) is 0 Å². The number of aliphatic hydroxyl groups excluding tert-OH is 1. The molecule has 0 radical (unpaired) electrons. The lowest BCUT2D eigenvalue weighted by molar-refractivity contribution is 0.0830. The first-order valence-corrected chi connectivity index (χ1v) is 6.62. The average Bonchev–Trinajstić information content (AvgIpc) is 1.96. The number of nitrogens with one attached hydrogen (secondary N) is 1. The Bertz CT molecular complexity index is 205. The summed E-state index contributed by atoms with van der Waals surface area (Å²) < 4.78 is 0. The Balaban J connectivity index is 2.42. The zero-order valence-electron chi connectivity index (χ0n) is 11.6. The van der Waals surface area contributed by atoms with Crippen LogP contribution in [0.2, 0.25) is 0 Å². The van der Waals surface area contributed by atoms with Gasteiger partial charge < -0.3 is 10.4 Å². The Morgan fingerprint density at radius 3 is 2.12 bits per heavy atom. The van der Waals surface area contributed by atoms with Crippen LogP contribution in [-0.4, -0.2) is 23.8 Å². The fourth-order valence-electron chi connectivity index (χ4n) is 3.49. The van der Waals surface area contributed by atoms with Crippen LogP contribution in [0.25, 0.3) is 0 Å². The van der Waals surface area contributed by atoms with Crippen LogP contribution in [0.15, 0.2) is 0 Å². The molecule has 0 aromatic rings. The molecule has 0 amide bonds. The molecule has 0 aliphatic heterocycles. The molecular weight excluding hydrogens is 198 g/mol. The molecule has 16 heavy (non-hydrogen) atoms. The highest BCUT2D eigenvalue weighted by Crippen LogP contribution is 2.45. The molecule has 2 heteroatoms. The SMILES string of the molecule is CC(O)CCNC1CC(C)(C)CC(C)(C)C1. The number of aliphatic hydroxyl groups is 1.